The van der Waals surface area contributed by atoms with Crippen molar-refractivity contribution in [3.63, 3.8) is 0 Å². The molecule has 0 saturated heterocycles. The Kier molecular flexibility index (Phi) is 6.15. The van der Waals surface area contributed by atoms with E-state index in [0.717, 1.165) is 21.0 Å². The van der Waals surface area contributed by atoms with Crippen LogP contribution in [0.1, 0.15) is 5.56 Å². The lowest BCUT2D eigenvalue weighted by Crippen LogP contribution is -2.08. The zero-order valence-electron chi connectivity index (χ0n) is 16.0. The minimum atomic E-state index is -3.52. The fraction of sp³-hybridized carbons (Fsp3) is 0.211. The average molecular weight is 450 g/mol. The second-order valence-corrected chi connectivity index (χ2v) is 10.7. The van der Waals surface area contributed by atoms with Gasteiger partial charge in [0, 0.05) is 26.2 Å². The van der Waals surface area contributed by atoms with Crippen LogP contribution in [0.25, 0.3) is 10.4 Å². The number of hydrogen-bond donors (Lipinski definition) is 0. The summed E-state index contributed by atoms with van der Waals surface area (Å²) in [7, 11) is 0.258. The number of non-ortho nitro benzene ring substituents is 1. The molecular weight excluding hydrogens is 430 g/mol. The summed E-state index contributed by atoms with van der Waals surface area (Å²) in [4.78, 5) is 17.8. The first kappa shape index (κ1) is 21.2. The summed E-state index contributed by atoms with van der Waals surface area (Å²) in [6.45, 7) is 1.90. The highest BCUT2D eigenvalue weighted by molar-refractivity contribution is 7.91. The Bertz CT molecular complexity index is 1190. The Morgan fingerprint density at radius 2 is 1.66 bits per heavy atom. The minimum absolute atomic E-state index is 0.0227. The molecule has 7 nitrogen and oxygen atoms in total. The molecule has 0 aliphatic rings. The summed E-state index contributed by atoms with van der Waals surface area (Å²) >= 11 is 2.76. The Labute approximate surface area is 176 Å². The number of sulfone groups is 1. The van der Waals surface area contributed by atoms with Crippen molar-refractivity contribution in [3.8, 4) is 10.4 Å². The van der Waals surface area contributed by atoms with E-state index in [1.165, 1.54) is 34.8 Å². The summed E-state index contributed by atoms with van der Waals surface area (Å²) in [6.07, 6.45) is 0. The van der Waals surface area contributed by atoms with Crippen LogP contribution >= 0.6 is 22.7 Å². The lowest BCUT2D eigenvalue weighted by molar-refractivity contribution is -0.384. The Hall–Kier alpha value is -2.56. The zero-order valence-corrected chi connectivity index (χ0v) is 18.5. The van der Waals surface area contributed by atoms with E-state index >= 15 is 0 Å². The second kappa shape index (κ2) is 8.44. The normalized spacial score (nSPS) is 12.2. The second-order valence-electron chi connectivity index (χ2n) is 6.52. The van der Waals surface area contributed by atoms with Crippen molar-refractivity contribution in [1.82, 2.24) is 0 Å². The smallest absolute Gasteiger partial charge is 0.269 e. The third kappa shape index (κ3) is 4.89. The molecule has 0 saturated carbocycles. The van der Waals surface area contributed by atoms with Crippen molar-refractivity contribution in [2.45, 2.75) is 11.8 Å². The van der Waals surface area contributed by atoms with Crippen molar-refractivity contribution in [1.29, 1.82) is 0 Å². The fourth-order valence-electron chi connectivity index (χ4n) is 2.51. The quantitative estimate of drug-likeness (QED) is 0.417. The third-order valence-electron chi connectivity index (χ3n) is 4.06. The fourth-order valence-corrected chi connectivity index (χ4v) is 6.10. The van der Waals surface area contributed by atoms with E-state index in [2.05, 4.69) is 4.99 Å². The van der Waals surface area contributed by atoms with Crippen LogP contribution in [0.3, 0.4) is 0 Å². The number of benzene rings is 2. The van der Waals surface area contributed by atoms with Crippen LogP contribution in [-0.2, 0) is 9.84 Å². The van der Waals surface area contributed by atoms with Gasteiger partial charge >= 0.3 is 0 Å². The lowest BCUT2D eigenvalue weighted by Gasteiger charge is -2.11. The maximum atomic E-state index is 12.6. The molecule has 1 aromatic heterocycles. The maximum absolute atomic E-state index is 12.6. The summed E-state index contributed by atoms with van der Waals surface area (Å²) in [5.41, 5.74) is 1.84. The highest BCUT2D eigenvalue weighted by atomic mass is 32.2. The third-order valence-corrected chi connectivity index (χ3v) is 8.15. The molecule has 0 atom stereocenters. The summed E-state index contributed by atoms with van der Waals surface area (Å²) in [6, 6.07) is 13.0. The molecule has 0 N–H and O–H groups in total. The molecule has 0 bridgehead atoms. The van der Waals surface area contributed by atoms with Crippen LogP contribution in [0, 0.1) is 17.0 Å². The van der Waals surface area contributed by atoms with Gasteiger partial charge < -0.3 is 4.90 Å². The van der Waals surface area contributed by atoms with Gasteiger partial charge in [0.15, 0.2) is 13.8 Å². The van der Waals surface area contributed by atoms with Crippen LogP contribution in [0.5, 0.6) is 0 Å². The topological polar surface area (TPSA) is 92.9 Å². The molecule has 2 aromatic carbocycles. The molecule has 10 heteroatoms. The van der Waals surface area contributed by atoms with Crippen LogP contribution in [-0.4, -0.2) is 33.3 Å². The standard InChI is InChI=1S/C19H19N3O4S3/c1-13-4-10-16(11-5-13)29(25,26)12-20-19-27-17(18(28-19)21(2)3)14-6-8-15(9-7-14)22(23)24/h4-11H,12H2,1-3H3/b20-19+. The molecule has 0 spiro atoms. The SMILES string of the molecule is Cc1ccc(S(=O)(=O)C/N=c2\sc(-c3ccc([N+](=O)[O-])cc3)c(N(C)C)s2)cc1. The zero-order chi connectivity index (χ0) is 21.2. The molecule has 0 unspecified atom stereocenters. The number of nitro benzene ring substituents is 1. The van der Waals surface area contributed by atoms with E-state index < -0.39 is 14.8 Å². The molecular formula is C19H19N3O4S3. The Morgan fingerprint density at radius 1 is 1.03 bits per heavy atom. The number of nitrogens with zero attached hydrogens (tertiary/aromatic N) is 3. The van der Waals surface area contributed by atoms with E-state index in [9.17, 15) is 18.5 Å². The number of aryl methyl sites for hydroxylation is 1. The van der Waals surface area contributed by atoms with E-state index in [-0.39, 0.29) is 16.5 Å². The van der Waals surface area contributed by atoms with Gasteiger partial charge in [-0.2, -0.15) is 0 Å². The van der Waals surface area contributed by atoms with Crippen molar-refractivity contribution >= 4 is 43.2 Å². The van der Waals surface area contributed by atoms with Gasteiger partial charge in [0.25, 0.3) is 5.69 Å². The summed E-state index contributed by atoms with van der Waals surface area (Å²) in [5.74, 6) is -0.334. The predicted molar refractivity (Wildman–Crippen MR) is 117 cm³/mol. The van der Waals surface area contributed by atoms with E-state index in [4.69, 9.17) is 0 Å². The Balaban J connectivity index is 1.95. The predicted octanol–water partition coefficient (Wildman–Crippen LogP) is 4.09. The van der Waals surface area contributed by atoms with E-state index in [0.29, 0.717) is 3.98 Å². The van der Waals surface area contributed by atoms with Gasteiger partial charge in [-0.15, -0.1) is 11.3 Å². The van der Waals surface area contributed by atoms with Crippen molar-refractivity contribution < 1.29 is 13.3 Å². The first-order chi connectivity index (χ1) is 13.7. The number of anilines is 1. The maximum Gasteiger partial charge on any atom is 0.269 e. The summed E-state index contributed by atoms with van der Waals surface area (Å²) in [5, 5.41) is 11.8. The van der Waals surface area contributed by atoms with Gasteiger partial charge in [-0.1, -0.05) is 29.0 Å². The van der Waals surface area contributed by atoms with Gasteiger partial charge in [0.2, 0.25) is 0 Å². The number of rotatable bonds is 6. The molecule has 0 amide bonds. The van der Waals surface area contributed by atoms with Crippen LogP contribution < -0.4 is 8.88 Å². The molecule has 0 aliphatic carbocycles. The lowest BCUT2D eigenvalue weighted by atomic mass is 10.2. The van der Waals surface area contributed by atoms with Gasteiger partial charge in [0.1, 0.15) is 10.9 Å². The van der Waals surface area contributed by atoms with Crippen LogP contribution in [0.15, 0.2) is 58.4 Å². The molecule has 152 valence electrons. The minimum Gasteiger partial charge on any atom is -0.368 e. The molecule has 1 heterocycles. The summed E-state index contributed by atoms with van der Waals surface area (Å²) < 4.78 is 25.7. The van der Waals surface area contributed by atoms with Crippen LogP contribution in [0.4, 0.5) is 10.7 Å². The van der Waals surface area contributed by atoms with Gasteiger partial charge in [0.05, 0.1) is 14.7 Å². The van der Waals surface area contributed by atoms with E-state index in [1.807, 2.05) is 25.9 Å². The molecule has 0 aliphatic heterocycles. The van der Waals surface area contributed by atoms with Crippen molar-refractivity contribution in [2.24, 2.45) is 4.99 Å². The van der Waals surface area contributed by atoms with Gasteiger partial charge in [-0.25, -0.2) is 13.4 Å². The monoisotopic (exact) mass is 449 g/mol. The Morgan fingerprint density at radius 3 is 2.21 bits per heavy atom. The average Bonchev–Trinajstić information content (AvgIpc) is 3.12. The van der Waals surface area contributed by atoms with E-state index in [1.54, 1.807) is 36.4 Å². The molecule has 3 aromatic rings. The van der Waals surface area contributed by atoms with Crippen molar-refractivity contribution in [3.05, 3.63) is 68.2 Å². The first-order valence-corrected chi connectivity index (χ1v) is 11.8. The number of hydrogen-bond acceptors (Lipinski definition) is 8. The number of nitro groups is 1. The molecule has 0 fully saturated rings. The molecule has 29 heavy (non-hydrogen) atoms. The highest BCUT2D eigenvalue weighted by Gasteiger charge is 2.16. The van der Waals surface area contributed by atoms with Crippen LogP contribution in [0.2, 0.25) is 0 Å². The van der Waals surface area contributed by atoms with Gasteiger partial charge in [-0.3, -0.25) is 10.1 Å². The molecule has 0 radical (unpaired) electrons. The largest absolute Gasteiger partial charge is 0.368 e. The first-order valence-electron chi connectivity index (χ1n) is 8.53. The van der Waals surface area contributed by atoms with Crippen molar-refractivity contribution in [2.75, 3.05) is 24.9 Å². The van der Waals surface area contributed by atoms with Gasteiger partial charge in [-0.05, 0) is 36.8 Å². The molecule has 3 rings (SSSR count). The highest BCUT2D eigenvalue weighted by Crippen LogP contribution is 2.36.